The number of ether oxygens (including phenoxy) is 2. The number of piperidine rings is 1. The van der Waals surface area contributed by atoms with Crippen LogP contribution in [-0.4, -0.2) is 81.9 Å². The Labute approximate surface area is 157 Å². The number of amides is 1. The number of carbonyl (C=O) groups excluding carboxylic acids is 1. The average molecular weight is 389 g/mol. The van der Waals surface area contributed by atoms with E-state index in [0.29, 0.717) is 32.7 Å². The average Bonchev–Trinajstić information content (AvgIpc) is 2.90. The van der Waals surface area contributed by atoms with Crippen LogP contribution < -0.4 is 0 Å². The summed E-state index contributed by atoms with van der Waals surface area (Å²) in [6.07, 6.45) is 7.33. The summed E-state index contributed by atoms with van der Waals surface area (Å²) >= 11 is 0. The molecule has 0 N–H and O–H groups in total. The fourth-order valence-electron chi connectivity index (χ4n) is 4.85. The first-order valence-corrected chi connectivity index (χ1v) is 11.4. The van der Waals surface area contributed by atoms with Crippen LogP contribution in [0.3, 0.4) is 0 Å². The molecule has 0 aromatic heterocycles. The maximum Gasteiger partial charge on any atom is 0.225 e. The van der Waals surface area contributed by atoms with Crippen molar-refractivity contribution in [3.8, 4) is 0 Å². The van der Waals surface area contributed by atoms with E-state index < -0.39 is 10.0 Å². The lowest BCUT2D eigenvalue weighted by molar-refractivity contribution is -0.146. The van der Waals surface area contributed by atoms with Crippen molar-refractivity contribution < 1.29 is 22.7 Å². The van der Waals surface area contributed by atoms with Crippen molar-refractivity contribution in [1.29, 1.82) is 0 Å². The van der Waals surface area contributed by atoms with Gasteiger partial charge in [-0.05, 0) is 43.9 Å². The second-order valence-electron chi connectivity index (χ2n) is 8.42. The molecule has 1 spiro atoms. The largest absolute Gasteiger partial charge is 0.383 e. The second kappa shape index (κ2) is 7.37. The number of likely N-dealkylation sites (tertiary alicyclic amines) is 1. The first-order chi connectivity index (χ1) is 12.2. The number of rotatable bonds is 6. The number of hydrogen-bond acceptors (Lipinski definition) is 5. The lowest BCUT2D eigenvalue weighted by Gasteiger charge is -2.43. The zero-order valence-corrected chi connectivity index (χ0v) is 17.0. The van der Waals surface area contributed by atoms with Crippen molar-refractivity contribution in [3.63, 3.8) is 0 Å². The van der Waals surface area contributed by atoms with E-state index in [-0.39, 0.29) is 23.0 Å². The van der Waals surface area contributed by atoms with Gasteiger partial charge in [0.15, 0.2) is 0 Å². The molecule has 3 rings (SSSR count). The summed E-state index contributed by atoms with van der Waals surface area (Å²) in [4.78, 5) is 14.6. The lowest BCUT2D eigenvalue weighted by atomic mass is 9.75. The summed E-state index contributed by atoms with van der Waals surface area (Å²) in [6.45, 7) is 2.38. The van der Waals surface area contributed by atoms with E-state index in [9.17, 15) is 13.2 Å². The third-order valence-corrected chi connectivity index (χ3v) is 7.98. The van der Waals surface area contributed by atoms with E-state index >= 15 is 0 Å². The smallest absolute Gasteiger partial charge is 0.225 e. The highest BCUT2D eigenvalue weighted by atomic mass is 32.2. The zero-order chi connectivity index (χ0) is 19.0. The van der Waals surface area contributed by atoms with Crippen molar-refractivity contribution in [1.82, 2.24) is 9.21 Å². The molecular weight excluding hydrogens is 356 g/mol. The zero-order valence-electron chi connectivity index (χ0n) is 16.2. The maximum absolute atomic E-state index is 12.7. The number of carbonyl (C=O) groups is 1. The molecule has 0 aromatic rings. The third kappa shape index (κ3) is 3.93. The Bertz CT molecular complexity index is 618. The molecule has 1 saturated carbocycles. The van der Waals surface area contributed by atoms with Gasteiger partial charge in [0, 0.05) is 39.9 Å². The maximum atomic E-state index is 12.7. The van der Waals surface area contributed by atoms with Gasteiger partial charge in [-0.15, -0.1) is 0 Å². The van der Waals surface area contributed by atoms with E-state index in [1.54, 1.807) is 18.5 Å². The number of methoxy groups -OCH3 is 2. The van der Waals surface area contributed by atoms with Crippen LogP contribution in [-0.2, 0) is 24.3 Å². The van der Waals surface area contributed by atoms with E-state index in [0.717, 1.165) is 38.5 Å². The van der Waals surface area contributed by atoms with Gasteiger partial charge in [-0.1, -0.05) is 0 Å². The first-order valence-electron chi connectivity index (χ1n) is 9.51. The Kier molecular flexibility index (Phi) is 5.68. The fraction of sp³-hybridized carbons (Fsp3) is 0.944. The Morgan fingerprint density at radius 1 is 1.15 bits per heavy atom. The van der Waals surface area contributed by atoms with E-state index in [1.807, 2.05) is 4.90 Å². The second-order valence-corrected chi connectivity index (χ2v) is 10.4. The molecule has 1 aliphatic carbocycles. The number of nitrogens with zero attached hydrogens (tertiary/aromatic N) is 2. The summed E-state index contributed by atoms with van der Waals surface area (Å²) in [5, 5.41) is 0. The number of sulfonamides is 1. The third-order valence-electron chi connectivity index (χ3n) is 6.70. The summed E-state index contributed by atoms with van der Waals surface area (Å²) in [7, 11) is 0.0642. The van der Waals surface area contributed by atoms with Gasteiger partial charge < -0.3 is 14.4 Å². The van der Waals surface area contributed by atoms with Crippen molar-refractivity contribution in [2.75, 3.05) is 46.7 Å². The number of hydrogen-bond donors (Lipinski definition) is 0. The van der Waals surface area contributed by atoms with Gasteiger partial charge >= 0.3 is 0 Å². The normalized spacial score (nSPS) is 28.3. The van der Waals surface area contributed by atoms with Gasteiger partial charge in [-0.3, -0.25) is 4.79 Å². The lowest BCUT2D eigenvalue weighted by Crippen LogP contribution is -2.49. The topological polar surface area (TPSA) is 76.2 Å². The van der Waals surface area contributed by atoms with Crippen LogP contribution in [0.4, 0.5) is 0 Å². The minimum Gasteiger partial charge on any atom is -0.383 e. The highest BCUT2D eigenvalue weighted by Gasteiger charge is 2.49. The van der Waals surface area contributed by atoms with Crippen LogP contribution in [0.1, 0.15) is 44.9 Å². The molecule has 1 unspecified atom stereocenters. The molecule has 1 atom stereocenters. The minimum atomic E-state index is -3.25. The van der Waals surface area contributed by atoms with Crippen molar-refractivity contribution >= 4 is 15.9 Å². The molecule has 0 aromatic carbocycles. The van der Waals surface area contributed by atoms with E-state index in [4.69, 9.17) is 9.47 Å². The van der Waals surface area contributed by atoms with Crippen molar-refractivity contribution in [2.24, 2.45) is 5.41 Å². The molecule has 2 aliphatic heterocycles. The van der Waals surface area contributed by atoms with Crippen LogP contribution >= 0.6 is 0 Å². The molecule has 8 heteroatoms. The summed E-state index contributed by atoms with van der Waals surface area (Å²) < 4.78 is 36.7. The summed E-state index contributed by atoms with van der Waals surface area (Å²) in [5.74, 6) is 0.174. The van der Waals surface area contributed by atoms with Crippen LogP contribution in [0.15, 0.2) is 0 Å². The molecule has 0 bridgehead atoms. The Morgan fingerprint density at radius 2 is 1.81 bits per heavy atom. The van der Waals surface area contributed by atoms with Gasteiger partial charge in [-0.2, -0.15) is 4.31 Å². The molecule has 7 nitrogen and oxygen atoms in total. The van der Waals surface area contributed by atoms with E-state index in [2.05, 4.69) is 0 Å². The summed E-state index contributed by atoms with van der Waals surface area (Å²) in [6, 6.07) is -0.0935. The quantitative estimate of drug-likeness (QED) is 0.684. The molecule has 26 heavy (non-hydrogen) atoms. The van der Waals surface area contributed by atoms with Crippen molar-refractivity contribution in [3.05, 3.63) is 0 Å². The predicted molar refractivity (Wildman–Crippen MR) is 98.3 cm³/mol. The highest BCUT2D eigenvalue weighted by molar-refractivity contribution is 7.88. The fourth-order valence-corrected chi connectivity index (χ4v) is 6.04. The van der Waals surface area contributed by atoms with Crippen molar-refractivity contribution in [2.45, 2.75) is 56.6 Å². The van der Waals surface area contributed by atoms with Crippen LogP contribution in [0, 0.1) is 5.41 Å². The molecule has 150 valence electrons. The minimum absolute atomic E-state index is 0.0293. The Balaban J connectivity index is 1.60. The summed E-state index contributed by atoms with van der Waals surface area (Å²) in [5.41, 5.74) is -0.269. The molecule has 2 heterocycles. The highest BCUT2D eigenvalue weighted by Crippen LogP contribution is 2.45. The molecular formula is C18H32N2O5S. The monoisotopic (exact) mass is 388 g/mol. The Morgan fingerprint density at radius 3 is 2.27 bits per heavy atom. The van der Waals surface area contributed by atoms with Gasteiger partial charge in [0.05, 0.1) is 24.9 Å². The molecule has 3 aliphatic rings. The predicted octanol–water partition coefficient (Wildman–Crippen LogP) is 1.23. The molecule has 3 fully saturated rings. The first kappa shape index (κ1) is 20.0. The van der Waals surface area contributed by atoms with Crippen LogP contribution in [0.25, 0.3) is 0 Å². The SMILES string of the molecule is COCC1CC2(CCN(C(=O)CC3(OC)CCC3)CC2)CN1S(C)(=O)=O. The van der Waals surface area contributed by atoms with Gasteiger partial charge in [0.1, 0.15) is 0 Å². The molecule has 1 amide bonds. The van der Waals surface area contributed by atoms with Crippen LogP contribution in [0.2, 0.25) is 0 Å². The van der Waals surface area contributed by atoms with Gasteiger partial charge in [-0.25, -0.2) is 8.42 Å². The van der Waals surface area contributed by atoms with E-state index in [1.165, 1.54) is 6.26 Å². The standard InChI is InChI=1S/C18H32N2O5S/c1-24-13-15-11-17(14-20(15)26(3,22)23)7-9-19(10-8-17)16(21)12-18(25-2)5-4-6-18/h15H,4-14H2,1-3H3. The Hall–Kier alpha value is -0.700. The molecule has 2 saturated heterocycles. The van der Waals surface area contributed by atoms with Gasteiger partial charge in [0.2, 0.25) is 15.9 Å². The van der Waals surface area contributed by atoms with Crippen LogP contribution in [0.5, 0.6) is 0 Å². The van der Waals surface area contributed by atoms with Gasteiger partial charge in [0.25, 0.3) is 0 Å². The molecule has 0 radical (unpaired) electrons.